The summed E-state index contributed by atoms with van der Waals surface area (Å²) >= 11 is 7.77. The second-order valence-corrected chi connectivity index (χ2v) is 11.3. The first-order chi connectivity index (χ1) is 20.4. The van der Waals surface area contributed by atoms with Crippen molar-refractivity contribution < 1.29 is 14.3 Å². The van der Waals surface area contributed by atoms with Gasteiger partial charge in [0.05, 0.1) is 35.6 Å². The van der Waals surface area contributed by atoms with Gasteiger partial charge in [0.2, 0.25) is 0 Å². The van der Waals surface area contributed by atoms with E-state index in [-0.39, 0.29) is 12.2 Å². The number of hydrogen-bond acceptors (Lipinski definition) is 6. The molecule has 0 saturated carbocycles. The van der Waals surface area contributed by atoms with E-state index in [0.29, 0.717) is 37.9 Å². The molecule has 6 rings (SSSR count). The molecule has 1 unspecified atom stereocenters. The van der Waals surface area contributed by atoms with Crippen molar-refractivity contribution in [1.82, 2.24) is 9.13 Å². The van der Waals surface area contributed by atoms with E-state index >= 15 is 0 Å². The lowest BCUT2D eigenvalue weighted by atomic mass is 9.96. The number of carbonyl (C=O) groups excluding carboxylic acids is 1. The topological polar surface area (TPSA) is 74.8 Å². The van der Waals surface area contributed by atoms with Crippen LogP contribution in [0.2, 0.25) is 5.02 Å². The third kappa shape index (κ3) is 4.97. The Morgan fingerprint density at radius 3 is 2.55 bits per heavy atom. The van der Waals surface area contributed by atoms with Crippen molar-refractivity contribution in [2.75, 3.05) is 13.7 Å². The number of rotatable bonds is 7. The number of aromatic nitrogens is 2. The molecule has 0 saturated heterocycles. The van der Waals surface area contributed by atoms with Crippen LogP contribution >= 0.6 is 22.9 Å². The molecule has 1 atom stereocenters. The molecule has 1 aliphatic heterocycles. The number of allylic oxidation sites excluding steroid dienone is 1. The van der Waals surface area contributed by atoms with Crippen LogP contribution in [0.25, 0.3) is 17.0 Å². The largest absolute Gasteiger partial charge is 0.497 e. The van der Waals surface area contributed by atoms with Gasteiger partial charge in [-0.3, -0.25) is 9.36 Å². The van der Waals surface area contributed by atoms with Gasteiger partial charge in [0, 0.05) is 34.2 Å². The Balaban J connectivity index is 1.51. The minimum absolute atomic E-state index is 0.216. The molecule has 0 aliphatic carbocycles. The van der Waals surface area contributed by atoms with Gasteiger partial charge in [-0.25, -0.2) is 9.79 Å². The van der Waals surface area contributed by atoms with Crippen molar-refractivity contribution in [2.24, 2.45) is 4.99 Å². The van der Waals surface area contributed by atoms with E-state index in [1.54, 1.807) is 25.5 Å². The van der Waals surface area contributed by atoms with Crippen molar-refractivity contribution in [2.45, 2.75) is 26.4 Å². The summed E-state index contributed by atoms with van der Waals surface area (Å²) < 4.78 is 15.0. The Morgan fingerprint density at radius 1 is 1.07 bits per heavy atom. The number of carbonyl (C=O) groups is 1. The first-order valence-corrected chi connectivity index (χ1v) is 14.7. The number of esters is 1. The predicted molar refractivity (Wildman–Crippen MR) is 166 cm³/mol. The van der Waals surface area contributed by atoms with Gasteiger partial charge in [-0.2, -0.15) is 0 Å². The molecular weight excluding hydrogens is 570 g/mol. The molecule has 212 valence electrons. The molecule has 0 amide bonds. The number of nitrogens with zero attached hydrogens (tertiary/aromatic N) is 3. The molecule has 5 aromatic rings. The van der Waals surface area contributed by atoms with Crippen molar-refractivity contribution in [3.05, 3.63) is 132 Å². The number of benzene rings is 3. The van der Waals surface area contributed by atoms with E-state index in [4.69, 9.17) is 26.1 Å². The average molecular weight is 598 g/mol. The maximum atomic E-state index is 14.1. The molecular formula is C33H28ClN3O4S. The van der Waals surface area contributed by atoms with Crippen LogP contribution < -0.4 is 19.6 Å². The fourth-order valence-corrected chi connectivity index (χ4v) is 6.60. The molecule has 42 heavy (non-hydrogen) atoms. The maximum absolute atomic E-state index is 14.1. The third-order valence-electron chi connectivity index (χ3n) is 7.35. The standard InChI is InChI=1S/C33H28ClN3O4S/c1-4-41-32(39)29-20(2)35-33-37(30(29)21-13-15-24(40-3)16-14-21)31(38)28(42-33)17-23-19-36(27-12-8-6-10-25(23)27)18-22-9-5-7-11-26(22)34/h5-17,19,30H,4,18H2,1-3H3/b28-17-. The average Bonchev–Trinajstić information content (AvgIpc) is 3.50. The molecule has 9 heteroatoms. The number of thiazole rings is 1. The molecule has 0 N–H and O–H groups in total. The van der Waals surface area contributed by atoms with Gasteiger partial charge < -0.3 is 14.0 Å². The van der Waals surface area contributed by atoms with E-state index in [2.05, 4.69) is 10.6 Å². The van der Waals surface area contributed by atoms with E-state index < -0.39 is 12.0 Å². The lowest BCUT2D eigenvalue weighted by molar-refractivity contribution is -0.139. The molecule has 3 heterocycles. The fourth-order valence-electron chi connectivity index (χ4n) is 5.37. The Bertz CT molecular complexity index is 2040. The van der Waals surface area contributed by atoms with Gasteiger partial charge in [0.1, 0.15) is 5.75 Å². The summed E-state index contributed by atoms with van der Waals surface area (Å²) in [5, 5.41) is 1.72. The van der Waals surface area contributed by atoms with Crippen LogP contribution in [-0.2, 0) is 16.1 Å². The number of para-hydroxylation sites is 1. The molecule has 0 spiro atoms. The highest BCUT2D eigenvalue weighted by atomic mass is 35.5. The lowest BCUT2D eigenvalue weighted by Crippen LogP contribution is -2.39. The fraction of sp³-hybridized carbons (Fsp3) is 0.182. The van der Waals surface area contributed by atoms with Gasteiger partial charge >= 0.3 is 5.97 Å². The molecule has 1 aliphatic rings. The van der Waals surface area contributed by atoms with Crippen LogP contribution in [0.4, 0.5) is 0 Å². The van der Waals surface area contributed by atoms with Crippen molar-refractivity contribution >= 4 is 45.9 Å². The van der Waals surface area contributed by atoms with Crippen LogP contribution in [0, 0.1) is 0 Å². The van der Waals surface area contributed by atoms with Crippen molar-refractivity contribution in [1.29, 1.82) is 0 Å². The van der Waals surface area contributed by atoms with Crippen molar-refractivity contribution in [3.8, 4) is 5.75 Å². The number of methoxy groups -OCH3 is 1. The summed E-state index contributed by atoms with van der Waals surface area (Å²) in [7, 11) is 1.59. The van der Waals surface area contributed by atoms with Gasteiger partial charge in [-0.15, -0.1) is 0 Å². The zero-order valence-electron chi connectivity index (χ0n) is 23.3. The first kappa shape index (κ1) is 27.8. The van der Waals surface area contributed by atoms with Gasteiger partial charge in [-0.05, 0) is 55.3 Å². The monoisotopic (exact) mass is 597 g/mol. The smallest absolute Gasteiger partial charge is 0.338 e. The highest BCUT2D eigenvalue weighted by Crippen LogP contribution is 2.32. The normalized spacial score (nSPS) is 15.0. The third-order valence-corrected chi connectivity index (χ3v) is 8.70. The lowest BCUT2D eigenvalue weighted by Gasteiger charge is -2.24. The van der Waals surface area contributed by atoms with Crippen LogP contribution in [0.15, 0.2) is 100 Å². The number of ether oxygens (including phenoxy) is 2. The molecule has 0 radical (unpaired) electrons. The number of halogens is 1. The van der Waals surface area contributed by atoms with Crippen LogP contribution in [0.3, 0.4) is 0 Å². The van der Waals surface area contributed by atoms with Crippen LogP contribution in [-0.4, -0.2) is 28.8 Å². The van der Waals surface area contributed by atoms with Gasteiger partial charge in [0.25, 0.3) is 5.56 Å². The van der Waals surface area contributed by atoms with Gasteiger partial charge in [-0.1, -0.05) is 71.5 Å². The van der Waals surface area contributed by atoms with E-state index in [1.807, 2.05) is 79.0 Å². The highest BCUT2D eigenvalue weighted by Gasteiger charge is 2.33. The van der Waals surface area contributed by atoms with Crippen LogP contribution in [0.1, 0.15) is 36.6 Å². The number of hydrogen-bond donors (Lipinski definition) is 0. The molecule has 0 bridgehead atoms. The molecule has 0 fully saturated rings. The second kappa shape index (κ2) is 11.5. The predicted octanol–water partition coefficient (Wildman–Crippen LogP) is 5.46. The zero-order chi connectivity index (χ0) is 29.4. The van der Waals surface area contributed by atoms with E-state index in [9.17, 15) is 9.59 Å². The summed E-state index contributed by atoms with van der Waals surface area (Å²) in [5.74, 6) is 0.189. The van der Waals surface area contributed by atoms with E-state index in [0.717, 1.165) is 27.6 Å². The zero-order valence-corrected chi connectivity index (χ0v) is 24.9. The Morgan fingerprint density at radius 2 is 1.81 bits per heavy atom. The first-order valence-electron chi connectivity index (χ1n) is 13.5. The summed E-state index contributed by atoms with van der Waals surface area (Å²) in [6.07, 6.45) is 3.95. The summed E-state index contributed by atoms with van der Waals surface area (Å²) in [5.41, 5.74) is 4.36. The second-order valence-electron chi connectivity index (χ2n) is 9.90. The highest BCUT2D eigenvalue weighted by molar-refractivity contribution is 7.07. The maximum Gasteiger partial charge on any atom is 0.338 e. The van der Waals surface area contributed by atoms with Crippen molar-refractivity contribution in [3.63, 3.8) is 0 Å². The number of fused-ring (bicyclic) bond motifs is 2. The van der Waals surface area contributed by atoms with Crippen LogP contribution in [0.5, 0.6) is 5.75 Å². The summed E-state index contributed by atoms with van der Waals surface area (Å²) in [4.78, 5) is 32.5. The molecule has 2 aromatic heterocycles. The van der Waals surface area contributed by atoms with Gasteiger partial charge in [0.15, 0.2) is 4.80 Å². The Hall–Kier alpha value is -4.40. The Labute approximate surface area is 251 Å². The molecule has 3 aromatic carbocycles. The minimum atomic E-state index is -0.685. The summed E-state index contributed by atoms with van der Waals surface area (Å²) in [6, 6.07) is 22.5. The Kier molecular flexibility index (Phi) is 7.58. The summed E-state index contributed by atoms with van der Waals surface area (Å²) in [6.45, 7) is 4.35. The quantitative estimate of drug-likeness (QED) is 0.233. The van der Waals surface area contributed by atoms with E-state index in [1.165, 1.54) is 11.3 Å². The SMILES string of the molecule is CCOC(=O)C1=C(C)N=c2s/c(=C\c3cn(Cc4ccccc4Cl)c4ccccc34)c(=O)n2C1c1ccc(OC)cc1. The molecule has 7 nitrogen and oxygen atoms in total. The minimum Gasteiger partial charge on any atom is -0.497 e.